The van der Waals surface area contributed by atoms with Crippen molar-refractivity contribution in [1.82, 2.24) is 14.5 Å². The molecule has 1 fully saturated rings. The summed E-state index contributed by atoms with van der Waals surface area (Å²) in [6.07, 6.45) is 2.23. The minimum Gasteiger partial charge on any atom is -0.335 e. The van der Waals surface area contributed by atoms with E-state index in [1.165, 1.54) is 6.07 Å². The number of carbonyl (C=O) groups is 1. The fourth-order valence-electron chi connectivity index (χ4n) is 3.32. The Labute approximate surface area is 162 Å². The standard InChI is InChI=1S/C21H22FN3OS/c1-14-7-8-15(2)25(14)21-23-17(13-27-21)11-20(26)24(18-9-10-18)12-16-5-3-4-6-19(16)22/h3-8,13,18H,9-12H2,1-2H3. The number of benzene rings is 1. The fourth-order valence-corrected chi connectivity index (χ4v) is 4.26. The van der Waals surface area contributed by atoms with Gasteiger partial charge in [-0.15, -0.1) is 11.3 Å². The van der Waals surface area contributed by atoms with E-state index < -0.39 is 0 Å². The zero-order valence-electron chi connectivity index (χ0n) is 15.5. The van der Waals surface area contributed by atoms with Crippen molar-refractivity contribution in [2.45, 2.75) is 45.7 Å². The molecule has 4 rings (SSSR count). The number of aromatic nitrogens is 2. The predicted octanol–water partition coefficient (Wildman–Crippen LogP) is 4.42. The molecule has 1 saturated carbocycles. The van der Waals surface area contributed by atoms with E-state index in [0.29, 0.717) is 12.1 Å². The molecule has 27 heavy (non-hydrogen) atoms. The Morgan fingerprint density at radius 2 is 1.93 bits per heavy atom. The minimum absolute atomic E-state index is 0.0125. The Balaban J connectivity index is 1.50. The van der Waals surface area contributed by atoms with Crippen LogP contribution in [0.3, 0.4) is 0 Å². The smallest absolute Gasteiger partial charge is 0.229 e. The number of rotatable bonds is 6. The number of hydrogen-bond donors (Lipinski definition) is 0. The summed E-state index contributed by atoms with van der Waals surface area (Å²) >= 11 is 1.54. The zero-order valence-corrected chi connectivity index (χ0v) is 16.3. The van der Waals surface area contributed by atoms with Crippen molar-refractivity contribution >= 4 is 17.2 Å². The molecule has 4 nitrogen and oxygen atoms in total. The molecule has 140 valence electrons. The van der Waals surface area contributed by atoms with E-state index in [9.17, 15) is 9.18 Å². The van der Waals surface area contributed by atoms with Gasteiger partial charge in [0.25, 0.3) is 0 Å². The molecule has 1 aliphatic rings. The molecule has 1 aromatic carbocycles. The average molecular weight is 383 g/mol. The third-order valence-electron chi connectivity index (χ3n) is 4.94. The normalized spacial score (nSPS) is 13.7. The maximum Gasteiger partial charge on any atom is 0.229 e. The number of aryl methyl sites for hydroxylation is 2. The number of carbonyl (C=O) groups excluding carboxylic acids is 1. The highest BCUT2D eigenvalue weighted by atomic mass is 32.1. The van der Waals surface area contributed by atoms with Crippen LogP contribution in [0.15, 0.2) is 41.8 Å². The maximum absolute atomic E-state index is 14.0. The highest BCUT2D eigenvalue weighted by Crippen LogP contribution is 2.30. The van der Waals surface area contributed by atoms with Crippen LogP contribution in [-0.4, -0.2) is 26.4 Å². The van der Waals surface area contributed by atoms with Gasteiger partial charge in [0.1, 0.15) is 5.82 Å². The molecule has 3 aromatic rings. The minimum atomic E-state index is -0.259. The highest BCUT2D eigenvalue weighted by molar-refractivity contribution is 7.12. The van der Waals surface area contributed by atoms with Crippen LogP contribution < -0.4 is 0 Å². The highest BCUT2D eigenvalue weighted by Gasteiger charge is 2.33. The summed E-state index contributed by atoms with van der Waals surface area (Å²) in [7, 11) is 0. The van der Waals surface area contributed by atoms with Crippen LogP contribution >= 0.6 is 11.3 Å². The second kappa shape index (κ2) is 7.27. The first kappa shape index (κ1) is 17.9. The van der Waals surface area contributed by atoms with Gasteiger partial charge in [-0.2, -0.15) is 0 Å². The number of hydrogen-bond acceptors (Lipinski definition) is 3. The van der Waals surface area contributed by atoms with Crippen molar-refractivity contribution in [3.8, 4) is 5.13 Å². The molecule has 6 heteroatoms. The lowest BCUT2D eigenvalue weighted by Crippen LogP contribution is -2.34. The van der Waals surface area contributed by atoms with Crippen LogP contribution in [0.25, 0.3) is 5.13 Å². The summed E-state index contributed by atoms with van der Waals surface area (Å²) in [5, 5.41) is 2.82. The van der Waals surface area contributed by atoms with Crippen LogP contribution in [0.1, 0.15) is 35.5 Å². The van der Waals surface area contributed by atoms with Gasteiger partial charge in [0.15, 0.2) is 5.13 Å². The predicted molar refractivity (Wildman–Crippen MR) is 105 cm³/mol. The maximum atomic E-state index is 14.0. The summed E-state index contributed by atoms with van der Waals surface area (Å²) in [5.74, 6) is -0.246. The van der Waals surface area contributed by atoms with E-state index in [-0.39, 0.29) is 24.2 Å². The van der Waals surface area contributed by atoms with Crippen LogP contribution in [0, 0.1) is 19.7 Å². The first-order valence-corrected chi connectivity index (χ1v) is 10.0. The lowest BCUT2D eigenvalue weighted by atomic mass is 10.2. The van der Waals surface area contributed by atoms with Crippen molar-refractivity contribution in [2.75, 3.05) is 0 Å². The second-order valence-corrected chi connectivity index (χ2v) is 7.93. The van der Waals surface area contributed by atoms with E-state index in [1.54, 1.807) is 23.5 Å². The van der Waals surface area contributed by atoms with Crippen LogP contribution in [-0.2, 0) is 17.8 Å². The molecule has 0 unspecified atom stereocenters. The van der Waals surface area contributed by atoms with Gasteiger partial charge in [-0.3, -0.25) is 9.36 Å². The molecule has 2 heterocycles. The third kappa shape index (κ3) is 3.81. The van der Waals surface area contributed by atoms with Gasteiger partial charge in [-0.25, -0.2) is 9.37 Å². The Hall–Kier alpha value is -2.47. The van der Waals surface area contributed by atoms with Gasteiger partial charge in [0.2, 0.25) is 5.91 Å². The molecule has 0 bridgehead atoms. The fraction of sp³-hybridized carbons (Fsp3) is 0.333. The molecule has 0 radical (unpaired) electrons. The molecule has 1 aliphatic carbocycles. The van der Waals surface area contributed by atoms with Crippen LogP contribution in [0.5, 0.6) is 0 Å². The molecule has 0 spiro atoms. The van der Waals surface area contributed by atoms with Crippen molar-refractivity contribution < 1.29 is 9.18 Å². The molecule has 2 aromatic heterocycles. The zero-order chi connectivity index (χ0) is 19.0. The molecular weight excluding hydrogens is 361 g/mol. The Kier molecular flexibility index (Phi) is 4.83. The van der Waals surface area contributed by atoms with Crippen molar-refractivity contribution in [3.05, 3.63) is 70.2 Å². The molecular formula is C21H22FN3OS. The average Bonchev–Trinajstić information content (AvgIpc) is 3.30. The van der Waals surface area contributed by atoms with Crippen LogP contribution in [0.2, 0.25) is 0 Å². The van der Waals surface area contributed by atoms with E-state index in [2.05, 4.69) is 21.7 Å². The van der Waals surface area contributed by atoms with Gasteiger partial charge < -0.3 is 4.90 Å². The summed E-state index contributed by atoms with van der Waals surface area (Å²) in [5.41, 5.74) is 3.58. The Bertz CT molecular complexity index is 954. The summed E-state index contributed by atoms with van der Waals surface area (Å²) in [6.45, 7) is 4.41. The van der Waals surface area contributed by atoms with Gasteiger partial charge in [0, 0.05) is 34.9 Å². The Morgan fingerprint density at radius 3 is 2.59 bits per heavy atom. The van der Waals surface area contributed by atoms with E-state index in [4.69, 9.17) is 0 Å². The summed E-state index contributed by atoms with van der Waals surface area (Å²) in [4.78, 5) is 19.4. The molecule has 0 atom stereocenters. The SMILES string of the molecule is Cc1ccc(C)n1-c1nc(CC(=O)N(Cc2ccccc2F)C2CC2)cs1. The van der Waals surface area contributed by atoms with Gasteiger partial charge >= 0.3 is 0 Å². The van der Waals surface area contributed by atoms with Gasteiger partial charge in [-0.05, 0) is 44.9 Å². The van der Waals surface area contributed by atoms with Crippen molar-refractivity contribution in [3.63, 3.8) is 0 Å². The number of amides is 1. The molecule has 0 saturated heterocycles. The monoisotopic (exact) mass is 383 g/mol. The van der Waals surface area contributed by atoms with Gasteiger partial charge in [-0.1, -0.05) is 18.2 Å². The number of thiazole rings is 1. The van der Waals surface area contributed by atoms with Crippen molar-refractivity contribution in [1.29, 1.82) is 0 Å². The summed E-state index contributed by atoms with van der Waals surface area (Å²) in [6, 6.07) is 11.0. The quantitative estimate of drug-likeness (QED) is 0.632. The molecule has 0 aliphatic heterocycles. The van der Waals surface area contributed by atoms with Crippen molar-refractivity contribution in [2.24, 2.45) is 0 Å². The lowest BCUT2D eigenvalue weighted by molar-refractivity contribution is -0.131. The lowest BCUT2D eigenvalue weighted by Gasteiger charge is -2.22. The third-order valence-corrected chi connectivity index (χ3v) is 5.82. The molecule has 0 N–H and O–H groups in total. The van der Waals surface area contributed by atoms with E-state index >= 15 is 0 Å². The first-order chi connectivity index (χ1) is 13.0. The van der Waals surface area contributed by atoms with Crippen LogP contribution in [0.4, 0.5) is 4.39 Å². The summed E-state index contributed by atoms with van der Waals surface area (Å²) < 4.78 is 16.1. The van der Waals surface area contributed by atoms with Gasteiger partial charge in [0.05, 0.1) is 12.1 Å². The first-order valence-electron chi connectivity index (χ1n) is 9.15. The largest absolute Gasteiger partial charge is 0.335 e. The topological polar surface area (TPSA) is 38.1 Å². The van der Waals surface area contributed by atoms with E-state index in [1.807, 2.05) is 30.2 Å². The Morgan fingerprint density at radius 1 is 1.22 bits per heavy atom. The number of nitrogens with zero attached hydrogens (tertiary/aromatic N) is 3. The number of halogens is 1. The second-order valence-electron chi connectivity index (χ2n) is 7.09. The molecule has 1 amide bonds. The van der Waals surface area contributed by atoms with E-state index in [0.717, 1.165) is 35.1 Å².